The van der Waals surface area contributed by atoms with Gasteiger partial charge in [0.1, 0.15) is 5.82 Å². The van der Waals surface area contributed by atoms with E-state index in [-0.39, 0.29) is 17.8 Å². The van der Waals surface area contributed by atoms with Crippen molar-refractivity contribution in [3.8, 4) is 0 Å². The highest BCUT2D eigenvalue weighted by molar-refractivity contribution is 9.10. The van der Waals surface area contributed by atoms with Gasteiger partial charge in [-0.3, -0.25) is 4.79 Å². The topological polar surface area (TPSA) is 46.3 Å². The second-order valence-corrected chi connectivity index (χ2v) is 5.86. The number of thiocarbonyl (C=S) groups is 1. The van der Waals surface area contributed by atoms with Crippen molar-refractivity contribution in [2.75, 3.05) is 6.54 Å². The van der Waals surface area contributed by atoms with E-state index in [0.717, 1.165) is 19.3 Å². The van der Waals surface area contributed by atoms with Crippen LogP contribution in [0.2, 0.25) is 0 Å². The van der Waals surface area contributed by atoms with Gasteiger partial charge in [-0.1, -0.05) is 12.2 Å². The van der Waals surface area contributed by atoms with E-state index in [9.17, 15) is 9.18 Å². The minimum atomic E-state index is -0.382. The summed E-state index contributed by atoms with van der Waals surface area (Å²) in [7, 11) is 0. The number of rotatable bonds is 2. The molecule has 6 heteroatoms. The number of halogens is 2. The van der Waals surface area contributed by atoms with Gasteiger partial charge in [-0.15, -0.1) is 0 Å². The van der Waals surface area contributed by atoms with E-state index in [1.54, 1.807) is 4.90 Å². The Hall–Kier alpha value is -1.01. The van der Waals surface area contributed by atoms with Crippen LogP contribution in [0.5, 0.6) is 0 Å². The number of likely N-dealkylation sites (tertiary alicyclic amines) is 1. The van der Waals surface area contributed by atoms with Crippen molar-refractivity contribution in [1.29, 1.82) is 0 Å². The predicted molar refractivity (Wildman–Crippen MR) is 79.6 cm³/mol. The molecule has 2 rings (SSSR count). The Bertz CT molecular complexity index is 523. The van der Waals surface area contributed by atoms with Gasteiger partial charge in [0.15, 0.2) is 0 Å². The Morgan fingerprint density at radius 3 is 2.84 bits per heavy atom. The van der Waals surface area contributed by atoms with E-state index in [1.165, 1.54) is 18.2 Å². The van der Waals surface area contributed by atoms with Crippen LogP contribution in [0.3, 0.4) is 0 Å². The van der Waals surface area contributed by atoms with Crippen molar-refractivity contribution >= 4 is 39.0 Å². The summed E-state index contributed by atoms with van der Waals surface area (Å²) in [6.07, 6.45) is 2.74. The fraction of sp³-hybridized carbons (Fsp3) is 0.385. The second kappa shape index (κ2) is 5.96. The van der Waals surface area contributed by atoms with Crippen molar-refractivity contribution < 1.29 is 9.18 Å². The summed E-state index contributed by atoms with van der Waals surface area (Å²) in [5.41, 5.74) is 6.14. The van der Waals surface area contributed by atoms with Gasteiger partial charge in [-0.25, -0.2) is 4.39 Å². The lowest BCUT2D eigenvalue weighted by Crippen LogP contribution is -2.49. The lowest BCUT2D eigenvalue weighted by Gasteiger charge is -2.35. The number of carbonyl (C=O) groups is 1. The van der Waals surface area contributed by atoms with E-state index in [1.807, 2.05) is 0 Å². The molecule has 2 N–H and O–H groups in total. The average Bonchev–Trinajstić information content (AvgIpc) is 2.38. The number of carbonyl (C=O) groups excluding carboxylic acids is 1. The van der Waals surface area contributed by atoms with Gasteiger partial charge >= 0.3 is 0 Å². The second-order valence-electron chi connectivity index (χ2n) is 4.54. The maximum absolute atomic E-state index is 13.1. The molecule has 0 aliphatic carbocycles. The summed E-state index contributed by atoms with van der Waals surface area (Å²) in [5.74, 6) is -0.544. The Morgan fingerprint density at radius 2 is 2.21 bits per heavy atom. The Kier molecular flexibility index (Phi) is 4.52. The quantitative estimate of drug-likeness (QED) is 0.839. The zero-order valence-electron chi connectivity index (χ0n) is 10.2. The van der Waals surface area contributed by atoms with Crippen LogP contribution >= 0.6 is 28.1 Å². The number of piperidine rings is 1. The first-order valence-electron chi connectivity index (χ1n) is 6.06. The number of nitrogens with zero attached hydrogens (tertiary/aromatic N) is 1. The van der Waals surface area contributed by atoms with E-state index < -0.39 is 0 Å². The predicted octanol–water partition coefficient (Wildman–Crippen LogP) is 2.87. The summed E-state index contributed by atoms with van der Waals surface area (Å²) < 4.78 is 13.5. The highest BCUT2D eigenvalue weighted by Gasteiger charge is 2.30. The smallest absolute Gasteiger partial charge is 0.255 e. The molecule has 1 aliphatic rings. The minimum absolute atomic E-state index is 0.163. The van der Waals surface area contributed by atoms with Gasteiger partial charge in [0.25, 0.3) is 5.91 Å². The van der Waals surface area contributed by atoms with Crippen LogP contribution in [-0.4, -0.2) is 28.4 Å². The maximum Gasteiger partial charge on any atom is 0.255 e. The molecule has 3 nitrogen and oxygen atoms in total. The molecule has 19 heavy (non-hydrogen) atoms. The van der Waals surface area contributed by atoms with Gasteiger partial charge in [-0.2, -0.15) is 0 Å². The molecule has 102 valence electrons. The lowest BCUT2D eigenvalue weighted by atomic mass is 10.0. The molecule has 1 heterocycles. The average molecular weight is 345 g/mol. The Balaban J connectivity index is 2.28. The summed E-state index contributed by atoms with van der Waals surface area (Å²) in [5, 5.41) is 0. The van der Waals surface area contributed by atoms with Crippen molar-refractivity contribution in [2.24, 2.45) is 5.73 Å². The van der Waals surface area contributed by atoms with Crippen molar-refractivity contribution in [1.82, 2.24) is 4.90 Å². The SMILES string of the molecule is NC(=S)C1CCCCN1C(=O)c1ccc(F)cc1Br. The van der Waals surface area contributed by atoms with Crippen LogP contribution in [0.1, 0.15) is 29.6 Å². The van der Waals surface area contributed by atoms with E-state index >= 15 is 0 Å². The number of nitrogens with two attached hydrogens (primary N) is 1. The van der Waals surface area contributed by atoms with Crippen molar-refractivity contribution in [2.45, 2.75) is 25.3 Å². The van der Waals surface area contributed by atoms with Crippen LogP contribution in [0.4, 0.5) is 4.39 Å². The number of hydrogen-bond donors (Lipinski definition) is 1. The highest BCUT2D eigenvalue weighted by atomic mass is 79.9. The van der Waals surface area contributed by atoms with Crippen LogP contribution in [-0.2, 0) is 0 Å². The van der Waals surface area contributed by atoms with Crippen LogP contribution in [0.15, 0.2) is 22.7 Å². The summed E-state index contributed by atoms with van der Waals surface area (Å²) in [6, 6.07) is 3.84. The molecule has 1 unspecified atom stereocenters. The largest absolute Gasteiger partial charge is 0.392 e. The number of amides is 1. The van der Waals surface area contributed by atoms with Crippen LogP contribution in [0.25, 0.3) is 0 Å². The third kappa shape index (κ3) is 3.12. The Morgan fingerprint density at radius 1 is 1.47 bits per heavy atom. The minimum Gasteiger partial charge on any atom is -0.392 e. The molecule has 1 fully saturated rings. The summed E-state index contributed by atoms with van der Waals surface area (Å²) in [4.78, 5) is 14.5. The van der Waals surface area contributed by atoms with Crippen molar-refractivity contribution in [3.63, 3.8) is 0 Å². The first-order chi connectivity index (χ1) is 9.00. The molecule has 0 saturated carbocycles. The summed E-state index contributed by atoms with van der Waals surface area (Å²) in [6.45, 7) is 0.630. The molecule has 1 saturated heterocycles. The molecule has 0 spiro atoms. The van der Waals surface area contributed by atoms with Gasteiger partial charge in [0, 0.05) is 11.0 Å². The fourth-order valence-corrected chi connectivity index (χ4v) is 3.05. The monoisotopic (exact) mass is 344 g/mol. The Labute approximate surface area is 125 Å². The number of benzene rings is 1. The molecule has 0 radical (unpaired) electrons. The van der Waals surface area contributed by atoms with Crippen LogP contribution < -0.4 is 5.73 Å². The lowest BCUT2D eigenvalue weighted by molar-refractivity contribution is 0.0680. The molecule has 0 aromatic heterocycles. The normalized spacial score (nSPS) is 19.3. The van der Waals surface area contributed by atoms with Crippen molar-refractivity contribution in [3.05, 3.63) is 34.1 Å². The van der Waals surface area contributed by atoms with Gasteiger partial charge in [0.2, 0.25) is 0 Å². The molecule has 1 aromatic carbocycles. The first-order valence-corrected chi connectivity index (χ1v) is 7.26. The van der Waals surface area contributed by atoms with E-state index in [0.29, 0.717) is 21.6 Å². The highest BCUT2D eigenvalue weighted by Crippen LogP contribution is 2.24. The molecule has 1 aromatic rings. The standard InChI is InChI=1S/C13H14BrFN2OS/c14-10-7-8(15)4-5-9(10)13(18)17-6-2-1-3-11(17)12(16)19/h4-5,7,11H,1-3,6H2,(H2,16,19). The van der Waals surface area contributed by atoms with Gasteiger partial charge in [0.05, 0.1) is 16.6 Å². The molecular weight excluding hydrogens is 331 g/mol. The fourth-order valence-electron chi connectivity index (χ4n) is 2.29. The van der Waals surface area contributed by atoms with Gasteiger partial charge in [-0.05, 0) is 53.4 Å². The third-order valence-electron chi connectivity index (χ3n) is 3.25. The first kappa shape index (κ1) is 14.4. The molecule has 0 bridgehead atoms. The zero-order valence-corrected chi connectivity index (χ0v) is 12.6. The summed E-state index contributed by atoms with van der Waals surface area (Å²) >= 11 is 8.25. The zero-order chi connectivity index (χ0) is 14.0. The third-order valence-corrected chi connectivity index (χ3v) is 4.18. The van der Waals surface area contributed by atoms with Crippen LogP contribution in [0, 0.1) is 5.82 Å². The maximum atomic E-state index is 13.1. The van der Waals surface area contributed by atoms with E-state index in [2.05, 4.69) is 15.9 Å². The van der Waals surface area contributed by atoms with E-state index in [4.69, 9.17) is 18.0 Å². The molecular formula is C13H14BrFN2OS. The molecule has 1 aliphatic heterocycles. The molecule has 1 atom stereocenters. The van der Waals surface area contributed by atoms with Gasteiger partial charge < -0.3 is 10.6 Å². The number of hydrogen-bond acceptors (Lipinski definition) is 2. The molecule has 1 amide bonds.